The summed E-state index contributed by atoms with van der Waals surface area (Å²) in [6, 6.07) is 14.0. The van der Waals surface area contributed by atoms with Crippen molar-refractivity contribution in [1.29, 1.82) is 0 Å². The van der Waals surface area contributed by atoms with Crippen LogP contribution in [0.5, 0.6) is 0 Å². The van der Waals surface area contributed by atoms with E-state index in [0.29, 0.717) is 5.56 Å². The maximum atomic E-state index is 12.7. The number of aromatic nitrogens is 1. The van der Waals surface area contributed by atoms with E-state index in [2.05, 4.69) is 5.32 Å². The van der Waals surface area contributed by atoms with Crippen LogP contribution in [0.15, 0.2) is 71.7 Å². The zero-order valence-electron chi connectivity index (χ0n) is 14.8. The predicted molar refractivity (Wildman–Crippen MR) is 104 cm³/mol. The number of benzene rings is 2. The number of amides is 1. The van der Waals surface area contributed by atoms with Crippen molar-refractivity contribution in [1.82, 2.24) is 4.57 Å². The van der Waals surface area contributed by atoms with Gasteiger partial charge in [0.2, 0.25) is 0 Å². The van der Waals surface area contributed by atoms with Crippen LogP contribution in [0, 0.1) is 20.2 Å². The molecule has 0 saturated carbocycles. The van der Waals surface area contributed by atoms with Crippen molar-refractivity contribution in [3.63, 3.8) is 0 Å². The minimum absolute atomic E-state index is 0.0401. The van der Waals surface area contributed by atoms with Crippen LogP contribution in [0.3, 0.4) is 0 Å². The average molecular weight is 394 g/mol. The van der Waals surface area contributed by atoms with Crippen LogP contribution >= 0.6 is 0 Å². The molecule has 0 radical (unpaired) electrons. The fourth-order valence-electron chi connectivity index (χ4n) is 2.69. The van der Waals surface area contributed by atoms with Crippen LogP contribution < -0.4 is 10.9 Å². The van der Waals surface area contributed by atoms with Gasteiger partial charge in [-0.05, 0) is 23.8 Å². The molecule has 2 aromatic carbocycles. The second-order valence-electron chi connectivity index (χ2n) is 6.04. The Kier molecular flexibility index (Phi) is 5.44. The molecule has 0 atom stereocenters. The number of pyridine rings is 1. The zero-order valence-corrected chi connectivity index (χ0v) is 14.8. The highest BCUT2D eigenvalue weighted by Crippen LogP contribution is 2.17. The molecule has 10 heteroatoms. The lowest BCUT2D eigenvalue weighted by atomic mass is 10.2. The van der Waals surface area contributed by atoms with Gasteiger partial charge in [-0.25, -0.2) is 0 Å². The third kappa shape index (κ3) is 4.50. The molecule has 0 bridgehead atoms. The minimum atomic E-state index is -0.719. The lowest BCUT2D eigenvalue weighted by Gasteiger charge is -2.09. The summed E-state index contributed by atoms with van der Waals surface area (Å²) in [6.45, 7) is 0.0401. The standard InChI is InChI=1S/C19H14N4O6/c24-18(20-14-5-2-7-16(11-14)23(28)29)17-8-3-9-21(19(17)25)12-13-4-1-6-15(10-13)22(26)27/h1-11H,12H2,(H,20,24). The summed E-state index contributed by atoms with van der Waals surface area (Å²) >= 11 is 0. The quantitative estimate of drug-likeness (QED) is 0.504. The van der Waals surface area contributed by atoms with Gasteiger partial charge in [0.25, 0.3) is 22.8 Å². The first-order valence-corrected chi connectivity index (χ1v) is 8.34. The molecule has 0 saturated heterocycles. The summed E-state index contributed by atoms with van der Waals surface area (Å²) in [6.07, 6.45) is 1.46. The van der Waals surface area contributed by atoms with Gasteiger partial charge in [0, 0.05) is 36.1 Å². The number of non-ortho nitro benzene ring substituents is 2. The van der Waals surface area contributed by atoms with Gasteiger partial charge in [-0.1, -0.05) is 18.2 Å². The van der Waals surface area contributed by atoms with E-state index in [4.69, 9.17) is 0 Å². The number of nitrogens with one attached hydrogen (secondary N) is 1. The molecule has 0 unspecified atom stereocenters. The van der Waals surface area contributed by atoms with E-state index in [1.165, 1.54) is 65.4 Å². The molecule has 0 aliphatic rings. The largest absolute Gasteiger partial charge is 0.322 e. The van der Waals surface area contributed by atoms with Gasteiger partial charge in [0.1, 0.15) is 5.56 Å². The Hall–Kier alpha value is -4.34. The second-order valence-corrected chi connectivity index (χ2v) is 6.04. The number of nitro benzene ring substituents is 2. The van der Waals surface area contributed by atoms with Crippen LogP contribution in [0.25, 0.3) is 0 Å². The summed E-state index contributed by atoms with van der Waals surface area (Å²) < 4.78 is 1.25. The van der Waals surface area contributed by atoms with Gasteiger partial charge in [0.15, 0.2) is 0 Å². The van der Waals surface area contributed by atoms with Crippen molar-refractivity contribution in [3.8, 4) is 0 Å². The first-order valence-electron chi connectivity index (χ1n) is 8.34. The molecular formula is C19H14N4O6. The molecule has 3 rings (SSSR count). The number of carbonyl (C=O) groups is 1. The monoisotopic (exact) mass is 394 g/mol. The highest BCUT2D eigenvalue weighted by molar-refractivity contribution is 6.04. The first kappa shape index (κ1) is 19.4. The Morgan fingerprint density at radius 2 is 1.59 bits per heavy atom. The predicted octanol–water partition coefficient (Wildman–Crippen LogP) is 2.97. The number of carbonyl (C=O) groups excluding carboxylic acids is 1. The molecule has 0 spiro atoms. The van der Waals surface area contributed by atoms with E-state index in [0.717, 1.165) is 0 Å². The maximum Gasteiger partial charge on any atom is 0.271 e. The van der Waals surface area contributed by atoms with Crippen LogP contribution in [-0.4, -0.2) is 20.3 Å². The fraction of sp³-hybridized carbons (Fsp3) is 0.0526. The van der Waals surface area contributed by atoms with Crippen LogP contribution in [0.1, 0.15) is 15.9 Å². The first-order chi connectivity index (χ1) is 13.8. The lowest BCUT2D eigenvalue weighted by molar-refractivity contribution is -0.385. The van der Waals surface area contributed by atoms with Gasteiger partial charge in [-0.2, -0.15) is 0 Å². The van der Waals surface area contributed by atoms with E-state index in [9.17, 15) is 29.8 Å². The molecule has 10 nitrogen and oxygen atoms in total. The third-order valence-corrected chi connectivity index (χ3v) is 4.05. The SMILES string of the molecule is O=C(Nc1cccc([N+](=O)[O-])c1)c1cccn(Cc2cccc([N+](=O)[O-])c2)c1=O. The molecule has 1 heterocycles. The van der Waals surface area contributed by atoms with E-state index in [-0.39, 0.29) is 29.2 Å². The molecule has 0 fully saturated rings. The van der Waals surface area contributed by atoms with Gasteiger partial charge in [-0.15, -0.1) is 0 Å². The summed E-state index contributed by atoms with van der Waals surface area (Å²) in [5, 5.41) is 24.2. The van der Waals surface area contributed by atoms with E-state index >= 15 is 0 Å². The van der Waals surface area contributed by atoms with Crippen molar-refractivity contribution in [3.05, 3.63) is 109 Å². The van der Waals surface area contributed by atoms with Crippen molar-refractivity contribution in [2.75, 3.05) is 5.32 Å². The lowest BCUT2D eigenvalue weighted by Crippen LogP contribution is -2.29. The van der Waals surface area contributed by atoms with E-state index < -0.39 is 21.3 Å². The molecule has 146 valence electrons. The number of hydrogen-bond acceptors (Lipinski definition) is 6. The van der Waals surface area contributed by atoms with Gasteiger partial charge < -0.3 is 9.88 Å². The highest BCUT2D eigenvalue weighted by Gasteiger charge is 2.15. The van der Waals surface area contributed by atoms with Crippen molar-refractivity contribution >= 4 is 23.0 Å². The van der Waals surface area contributed by atoms with E-state index in [1.807, 2.05) is 0 Å². The van der Waals surface area contributed by atoms with Crippen molar-refractivity contribution in [2.24, 2.45) is 0 Å². The zero-order chi connectivity index (χ0) is 21.0. The number of nitro groups is 2. The second kappa shape index (κ2) is 8.13. The average Bonchev–Trinajstić information content (AvgIpc) is 2.70. The summed E-state index contributed by atoms with van der Waals surface area (Å²) in [5.74, 6) is -0.719. The molecule has 1 amide bonds. The minimum Gasteiger partial charge on any atom is -0.322 e. The molecule has 3 aromatic rings. The van der Waals surface area contributed by atoms with Gasteiger partial charge in [-0.3, -0.25) is 29.8 Å². The molecule has 1 N–H and O–H groups in total. The summed E-state index contributed by atoms with van der Waals surface area (Å²) in [7, 11) is 0. The summed E-state index contributed by atoms with van der Waals surface area (Å²) in [4.78, 5) is 45.8. The van der Waals surface area contributed by atoms with Crippen LogP contribution in [0.4, 0.5) is 17.1 Å². The normalized spacial score (nSPS) is 10.3. The Bertz CT molecular complexity index is 1170. The smallest absolute Gasteiger partial charge is 0.271 e. The van der Waals surface area contributed by atoms with Gasteiger partial charge >= 0.3 is 0 Å². The van der Waals surface area contributed by atoms with Crippen LogP contribution in [0.2, 0.25) is 0 Å². The third-order valence-electron chi connectivity index (χ3n) is 4.05. The molecular weight excluding hydrogens is 380 g/mol. The Balaban J connectivity index is 1.85. The number of rotatable bonds is 6. The number of anilines is 1. The molecule has 29 heavy (non-hydrogen) atoms. The number of nitrogens with zero attached hydrogens (tertiary/aromatic N) is 3. The van der Waals surface area contributed by atoms with Crippen molar-refractivity contribution in [2.45, 2.75) is 6.54 Å². The highest BCUT2D eigenvalue weighted by atomic mass is 16.6. The maximum absolute atomic E-state index is 12.7. The van der Waals surface area contributed by atoms with Gasteiger partial charge in [0.05, 0.1) is 16.4 Å². The molecule has 0 aliphatic heterocycles. The number of hydrogen-bond donors (Lipinski definition) is 1. The Morgan fingerprint density at radius 3 is 2.28 bits per heavy atom. The molecule has 1 aromatic heterocycles. The fourth-order valence-corrected chi connectivity index (χ4v) is 2.69. The van der Waals surface area contributed by atoms with Crippen LogP contribution in [-0.2, 0) is 6.54 Å². The van der Waals surface area contributed by atoms with E-state index in [1.54, 1.807) is 6.07 Å². The summed E-state index contributed by atoms with van der Waals surface area (Å²) in [5.41, 5.74) is -0.351. The Labute approximate surface area is 163 Å². The topological polar surface area (TPSA) is 137 Å². The Morgan fingerprint density at radius 1 is 0.931 bits per heavy atom. The molecule has 0 aliphatic carbocycles. The van der Waals surface area contributed by atoms with Crippen molar-refractivity contribution < 1.29 is 14.6 Å².